The van der Waals surface area contributed by atoms with Crippen LogP contribution in [-0.2, 0) is 12.8 Å². The number of carbonyl (C=O) groups is 2. The molecule has 30 heavy (non-hydrogen) atoms. The van der Waals surface area contributed by atoms with Crippen LogP contribution in [0.3, 0.4) is 0 Å². The van der Waals surface area contributed by atoms with Crippen LogP contribution in [-0.4, -0.2) is 21.6 Å². The molecule has 2 heterocycles. The van der Waals surface area contributed by atoms with E-state index in [2.05, 4.69) is 16.0 Å². The summed E-state index contributed by atoms with van der Waals surface area (Å²) in [4.78, 5) is 25.2. The summed E-state index contributed by atoms with van der Waals surface area (Å²) in [6.45, 7) is 3.44. The fourth-order valence-corrected chi connectivity index (χ4v) is 3.85. The van der Waals surface area contributed by atoms with Gasteiger partial charge < -0.3 is 4.42 Å². The van der Waals surface area contributed by atoms with Crippen molar-refractivity contribution in [1.29, 1.82) is 0 Å². The summed E-state index contributed by atoms with van der Waals surface area (Å²) in [6.07, 6.45) is 4.54. The lowest BCUT2D eigenvalue weighted by Crippen LogP contribution is -2.42. The second-order valence-electron chi connectivity index (χ2n) is 7.46. The van der Waals surface area contributed by atoms with Crippen molar-refractivity contribution in [2.24, 2.45) is 0 Å². The van der Waals surface area contributed by atoms with Gasteiger partial charge in [-0.3, -0.25) is 20.4 Å². The van der Waals surface area contributed by atoms with Crippen LogP contribution in [0.5, 0.6) is 0 Å². The van der Waals surface area contributed by atoms with Crippen molar-refractivity contribution in [3.05, 3.63) is 70.2 Å². The fourth-order valence-electron chi connectivity index (χ4n) is 3.85. The van der Waals surface area contributed by atoms with Gasteiger partial charge in [0.25, 0.3) is 11.8 Å². The molecule has 8 heteroatoms. The van der Waals surface area contributed by atoms with Gasteiger partial charge in [0.05, 0.1) is 11.3 Å². The molecule has 3 aromatic rings. The number of hydrogen-bond donors (Lipinski definition) is 2. The van der Waals surface area contributed by atoms with Gasteiger partial charge in [0, 0.05) is 11.3 Å². The van der Waals surface area contributed by atoms with Crippen molar-refractivity contribution in [3.63, 3.8) is 0 Å². The summed E-state index contributed by atoms with van der Waals surface area (Å²) in [5.41, 5.74) is 8.06. The molecule has 2 amide bonds. The molecule has 0 saturated heterocycles. The topological polar surface area (TPSA) is 89.2 Å². The minimum Gasteiger partial charge on any atom is -0.466 e. The van der Waals surface area contributed by atoms with Gasteiger partial charge in [-0.2, -0.15) is 5.10 Å². The maximum absolute atomic E-state index is 13.3. The van der Waals surface area contributed by atoms with Gasteiger partial charge in [-0.25, -0.2) is 9.07 Å². The van der Waals surface area contributed by atoms with Gasteiger partial charge >= 0.3 is 0 Å². The standard InChI is InChI=1S/C22H23FN4O3/c1-13-12-18(14(2)30-13)21(28)24-25-22(29)20-17-6-4-3-5-7-19(17)27(26-20)16-10-8-15(23)9-11-16/h8-12H,3-7H2,1-2H3,(H,24,28)(H,25,29). The molecule has 1 aliphatic carbocycles. The van der Waals surface area contributed by atoms with E-state index >= 15 is 0 Å². The van der Waals surface area contributed by atoms with Crippen LogP contribution >= 0.6 is 0 Å². The number of carbonyl (C=O) groups excluding carboxylic acids is 2. The number of amides is 2. The molecule has 0 fully saturated rings. The highest BCUT2D eigenvalue weighted by molar-refractivity contribution is 5.99. The van der Waals surface area contributed by atoms with E-state index in [1.165, 1.54) is 12.1 Å². The number of nitrogens with zero attached hydrogens (tertiary/aromatic N) is 2. The molecule has 0 bridgehead atoms. The van der Waals surface area contributed by atoms with Gasteiger partial charge in [-0.1, -0.05) is 6.42 Å². The smallest absolute Gasteiger partial charge is 0.290 e. The Morgan fingerprint density at radius 3 is 2.43 bits per heavy atom. The Bertz CT molecular complexity index is 1100. The first kappa shape index (κ1) is 19.9. The molecule has 0 unspecified atom stereocenters. The Balaban J connectivity index is 1.60. The number of aryl methyl sites for hydroxylation is 2. The second kappa shape index (κ2) is 8.14. The van der Waals surface area contributed by atoms with Crippen LogP contribution in [0.1, 0.15) is 62.9 Å². The maximum atomic E-state index is 13.3. The highest BCUT2D eigenvalue weighted by Crippen LogP contribution is 2.26. The number of hydrazine groups is 1. The molecule has 2 aromatic heterocycles. The lowest BCUT2D eigenvalue weighted by atomic mass is 10.1. The summed E-state index contributed by atoms with van der Waals surface area (Å²) in [5, 5.41) is 4.52. The molecule has 7 nitrogen and oxygen atoms in total. The zero-order valence-corrected chi connectivity index (χ0v) is 16.9. The third kappa shape index (κ3) is 3.85. The molecule has 0 aliphatic heterocycles. The molecule has 4 rings (SSSR count). The molecule has 0 radical (unpaired) electrons. The van der Waals surface area contributed by atoms with E-state index in [4.69, 9.17) is 4.42 Å². The Kier molecular flexibility index (Phi) is 5.39. The van der Waals surface area contributed by atoms with Crippen molar-refractivity contribution in [2.45, 2.75) is 46.0 Å². The summed E-state index contributed by atoms with van der Waals surface area (Å²) in [7, 11) is 0. The quantitative estimate of drug-likeness (QED) is 0.510. The zero-order valence-electron chi connectivity index (χ0n) is 16.9. The van der Waals surface area contributed by atoms with Crippen LogP contribution < -0.4 is 10.9 Å². The van der Waals surface area contributed by atoms with Crippen LogP contribution in [0.4, 0.5) is 4.39 Å². The first-order valence-corrected chi connectivity index (χ1v) is 9.98. The summed E-state index contributed by atoms with van der Waals surface area (Å²) >= 11 is 0. The van der Waals surface area contributed by atoms with E-state index in [1.807, 2.05) is 0 Å². The predicted molar refractivity (Wildman–Crippen MR) is 108 cm³/mol. The normalized spacial score (nSPS) is 13.4. The third-order valence-electron chi connectivity index (χ3n) is 5.29. The van der Waals surface area contributed by atoms with E-state index < -0.39 is 11.8 Å². The summed E-state index contributed by atoms with van der Waals surface area (Å²) in [6, 6.07) is 7.64. The number of furan rings is 1. The Morgan fingerprint density at radius 1 is 1.03 bits per heavy atom. The monoisotopic (exact) mass is 410 g/mol. The van der Waals surface area contributed by atoms with E-state index in [9.17, 15) is 14.0 Å². The highest BCUT2D eigenvalue weighted by Gasteiger charge is 2.25. The first-order chi connectivity index (χ1) is 14.4. The molecule has 1 aliphatic rings. The summed E-state index contributed by atoms with van der Waals surface area (Å²) < 4.78 is 20.4. The number of hydrogen-bond acceptors (Lipinski definition) is 4. The zero-order chi connectivity index (χ0) is 21.3. The van der Waals surface area contributed by atoms with Crippen molar-refractivity contribution in [2.75, 3.05) is 0 Å². The van der Waals surface area contributed by atoms with E-state index in [0.717, 1.165) is 43.4 Å². The van der Waals surface area contributed by atoms with Gasteiger partial charge in [0.1, 0.15) is 17.3 Å². The lowest BCUT2D eigenvalue weighted by molar-refractivity contribution is 0.0842. The van der Waals surface area contributed by atoms with E-state index in [0.29, 0.717) is 22.8 Å². The first-order valence-electron chi connectivity index (χ1n) is 9.98. The minimum absolute atomic E-state index is 0.275. The van der Waals surface area contributed by atoms with Crippen molar-refractivity contribution in [3.8, 4) is 5.69 Å². The SMILES string of the molecule is Cc1cc(C(=O)NNC(=O)c2nn(-c3ccc(F)cc3)c3c2CCCCC3)c(C)o1. The Hall–Kier alpha value is -3.42. The molecular formula is C22H23FN4O3. The maximum Gasteiger partial charge on any atom is 0.290 e. The van der Waals surface area contributed by atoms with Gasteiger partial charge in [0.2, 0.25) is 0 Å². The van der Waals surface area contributed by atoms with E-state index in [-0.39, 0.29) is 11.5 Å². The number of halogens is 1. The average Bonchev–Trinajstić information content (AvgIpc) is 3.15. The molecule has 0 saturated carbocycles. The molecule has 1 aromatic carbocycles. The average molecular weight is 410 g/mol. The Morgan fingerprint density at radius 2 is 1.73 bits per heavy atom. The largest absolute Gasteiger partial charge is 0.466 e. The summed E-state index contributed by atoms with van der Waals surface area (Å²) in [5.74, 6) is -0.175. The molecule has 156 valence electrons. The second-order valence-corrected chi connectivity index (χ2v) is 7.46. The highest BCUT2D eigenvalue weighted by atomic mass is 19.1. The number of aromatic nitrogens is 2. The molecule has 0 spiro atoms. The molecule has 2 N–H and O–H groups in total. The lowest BCUT2D eigenvalue weighted by Gasteiger charge is -2.07. The van der Waals surface area contributed by atoms with Crippen molar-refractivity contribution < 1.29 is 18.4 Å². The number of benzene rings is 1. The van der Waals surface area contributed by atoms with E-state index in [1.54, 1.807) is 36.7 Å². The van der Waals surface area contributed by atoms with Crippen molar-refractivity contribution >= 4 is 11.8 Å². The number of rotatable bonds is 3. The fraction of sp³-hybridized carbons (Fsp3) is 0.318. The number of nitrogens with one attached hydrogen (secondary N) is 2. The van der Waals surface area contributed by atoms with Gasteiger partial charge in [0.15, 0.2) is 5.69 Å². The van der Waals surface area contributed by atoms with Crippen LogP contribution in [0.25, 0.3) is 5.69 Å². The minimum atomic E-state index is -0.486. The van der Waals surface area contributed by atoms with Gasteiger partial charge in [-0.05, 0) is 69.9 Å². The van der Waals surface area contributed by atoms with Crippen molar-refractivity contribution in [1.82, 2.24) is 20.6 Å². The van der Waals surface area contributed by atoms with Gasteiger partial charge in [-0.15, -0.1) is 0 Å². The Labute approximate surface area is 173 Å². The number of fused-ring (bicyclic) bond motifs is 1. The van der Waals surface area contributed by atoms with Crippen LogP contribution in [0, 0.1) is 19.7 Å². The molecular weight excluding hydrogens is 387 g/mol. The molecule has 0 atom stereocenters. The van der Waals surface area contributed by atoms with Crippen LogP contribution in [0.15, 0.2) is 34.7 Å². The predicted octanol–water partition coefficient (Wildman–Crippen LogP) is 3.56. The third-order valence-corrected chi connectivity index (χ3v) is 5.29. The van der Waals surface area contributed by atoms with Crippen LogP contribution in [0.2, 0.25) is 0 Å².